The Labute approximate surface area is 174 Å². The van der Waals surface area contributed by atoms with E-state index in [2.05, 4.69) is 0 Å². The highest BCUT2D eigenvalue weighted by molar-refractivity contribution is 5.26. The molecule has 0 bridgehead atoms. The van der Waals surface area contributed by atoms with E-state index in [0.29, 0.717) is 0 Å². The fourth-order valence-electron chi connectivity index (χ4n) is 0. The lowest BCUT2D eigenvalue weighted by atomic mass is 11.7. The Kier molecular flexibility index (Phi) is 1210000. The fraction of sp³-hybridized carbons (Fsp3) is 0.905. The minimum absolute atomic E-state index is 0. The number of carbonyl (C=O) groups excluding carboxylic acids is 2. The SMILES string of the molecule is C.C.C.C.C.C.C.C.C.C.C.C.C.C.C.C.C.C.C.N=C=O.N=C=O. The number of hydrogen-bond donors (Lipinski definition) is 2. The van der Waals surface area contributed by atoms with Crippen LogP contribution in [-0.2, 0) is 9.59 Å². The zero-order valence-electron chi connectivity index (χ0n) is 2.82. The van der Waals surface area contributed by atoms with Gasteiger partial charge < -0.3 is 0 Å². The van der Waals surface area contributed by atoms with E-state index in [1.54, 1.807) is 0 Å². The maximum atomic E-state index is 8.35. The number of rotatable bonds is 0. The molecule has 0 saturated heterocycles. The lowest BCUT2D eigenvalue weighted by molar-refractivity contribution is 0.562. The molecule has 0 aliphatic carbocycles. The van der Waals surface area contributed by atoms with Crippen LogP contribution in [0.5, 0.6) is 0 Å². The molecule has 25 heavy (non-hydrogen) atoms. The summed E-state index contributed by atoms with van der Waals surface area (Å²) in [5.41, 5.74) is 0. The highest BCUT2D eigenvalue weighted by Crippen LogP contribution is 0.871. The lowest BCUT2D eigenvalue weighted by Gasteiger charge is -1.02. The second-order valence-electron chi connectivity index (χ2n) is 0.204. The van der Waals surface area contributed by atoms with Crippen LogP contribution in [0.15, 0.2) is 0 Å². The first-order valence-electron chi connectivity index (χ1n) is 0.908. The molecule has 0 atom stereocenters. The molecule has 0 aliphatic heterocycles. The minimum atomic E-state index is 0. The van der Waals surface area contributed by atoms with Crippen LogP contribution >= 0.6 is 0 Å². The zero-order valence-corrected chi connectivity index (χ0v) is 2.82. The van der Waals surface area contributed by atoms with E-state index in [4.69, 9.17) is 20.4 Å². The van der Waals surface area contributed by atoms with Crippen molar-refractivity contribution in [2.75, 3.05) is 0 Å². The van der Waals surface area contributed by atoms with Crippen molar-refractivity contribution in [2.45, 2.75) is 141 Å². The predicted molar refractivity (Wildman–Crippen MR) is 145 cm³/mol. The molecule has 0 heterocycles. The maximum absolute atomic E-state index is 8.35. The van der Waals surface area contributed by atoms with Gasteiger partial charge in [0, 0.05) is 0 Å². The molecular weight excluding hydrogens is 312 g/mol. The van der Waals surface area contributed by atoms with Crippen molar-refractivity contribution in [1.82, 2.24) is 0 Å². The summed E-state index contributed by atoms with van der Waals surface area (Å²) in [6.45, 7) is 0. The van der Waals surface area contributed by atoms with Crippen molar-refractivity contribution in [3.8, 4) is 0 Å². The van der Waals surface area contributed by atoms with E-state index in [-0.39, 0.29) is 141 Å². The van der Waals surface area contributed by atoms with Crippen molar-refractivity contribution >= 4 is 12.2 Å². The van der Waals surface area contributed by atoms with Crippen LogP contribution in [0.25, 0.3) is 0 Å². The Morgan fingerprint density at radius 2 is 0.280 bits per heavy atom. The van der Waals surface area contributed by atoms with Crippen LogP contribution in [0, 0.1) is 10.8 Å². The van der Waals surface area contributed by atoms with Crippen molar-refractivity contribution in [3.05, 3.63) is 0 Å². The van der Waals surface area contributed by atoms with Gasteiger partial charge in [0.2, 0.25) is 12.2 Å². The Morgan fingerprint density at radius 1 is 0.280 bits per heavy atom. The van der Waals surface area contributed by atoms with Gasteiger partial charge in [-0.2, -0.15) is 0 Å². The van der Waals surface area contributed by atoms with Gasteiger partial charge in [0.1, 0.15) is 0 Å². The molecule has 0 rings (SSSR count). The molecule has 4 nitrogen and oxygen atoms in total. The lowest BCUT2D eigenvalue weighted by Crippen LogP contribution is -1.16. The Morgan fingerprint density at radius 3 is 0.280 bits per heavy atom. The monoisotopic (exact) mass is 391 g/mol. The van der Waals surface area contributed by atoms with Gasteiger partial charge in [-0.3, -0.25) is 0 Å². The third-order valence-corrected chi connectivity index (χ3v) is 0. The van der Waals surface area contributed by atoms with Crippen LogP contribution in [0.3, 0.4) is 0 Å². The molecule has 184 valence electrons. The van der Waals surface area contributed by atoms with Gasteiger partial charge in [-0.05, 0) is 0 Å². The van der Waals surface area contributed by atoms with E-state index >= 15 is 0 Å². The molecular formula is C21H78N2O2. The van der Waals surface area contributed by atoms with Gasteiger partial charge >= 0.3 is 0 Å². The number of isocyanates is 2. The summed E-state index contributed by atoms with van der Waals surface area (Å²) >= 11 is 0. The van der Waals surface area contributed by atoms with Gasteiger partial charge in [0.15, 0.2) is 0 Å². The van der Waals surface area contributed by atoms with Crippen molar-refractivity contribution in [1.29, 1.82) is 10.8 Å². The van der Waals surface area contributed by atoms with Crippen molar-refractivity contribution in [2.24, 2.45) is 0 Å². The Balaban J connectivity index is -0.000000000383. The largest absolute Gasteiger partial charge is 0.231 e. The summed E-state index contributed by atoms with van der Waals surface area (Å²) in [7, 11) is 0. The topological polar surface area (TPSA) is 81.8 Å². The molecule has 2 N–H and O–H groups in total. The Hall–Kier alpha value is -1.24. The van der Waals surface area contributed by atoms with Gasteiger partial charge in [0.05, 0.1) is 0 Å². The summed E-state index contributed by atoms with van der Waals surface area (Å²) < 4.78 is 0. The third kappa shape index (κ3) is 6380. The molecule has 0 fully saturated rings. The van der Waals surface area contributed by atoms with E-state index < -0.39 is 0 Å². The molecule has 0 saturated carbocycles. The molecule has 0 radical (unpaired) electrons. The maximum Gasteiger partial charge on any atom is 0.231 e. The van der Waals surface area contributed by atoms with Crippen molar-refractivity contribution in [3.63, 3.8) is 0 Å². The van der Waals surface area contributed by atoms with Crippen LogP contribution < -0.4 is 0 Å². The molecule has 0 aromatic carbocycles. The summed E-state index contributed by atoms with van der Waals surface area (Å²) in [5.74, 6) is 0. The molecule has 0 aliphatic rings. The highest BCUT2D eigenvalue weighted by Gasteiger charge is 1.04. The first-order chi connectivity index (χ1) is 2.83. The van der Waals surface area contributed by atoms with Crippen LogP contribution in [-0.4, -0.2) is 12.2 Å². The predicted octanol–water partition coefficient (Wildman–Crippen LogP) is 11.9. The van der Waals surface area contributed by atoms with Gasteiger partial charge in [-0.15, -0.1) is 0 Å². The smallest absolute Gasteiger partial charge is 0.222 e. The number of hydrogen-bond acceptors (Lipinski definition) is 4. The quantitative estimate of drug-likeness (QED) is 0.318. The van der Waals surface area contributed by atoms with E-state index in [9.17, 15) is 0 Å². The molecule has 0 spiro atoms. The highest BCUT2D eigenvalue weighted by atomic mass is 16.1. The molecule has 0 unspecified atom stereocenters. The zero-order chi connectivity index (χ0) is 5.41. The van der Waals surface area contributed by atoms with E-state index in [1.807, 2.05) is 0 Å². The Bertz CT molecular complexity index is 73.9. The van der Waals surface area contributed by atoms with Gasteiger partial charge in [-0.1, -0.05) is 141 Å². The molecule has 4 heteroatoms. The van der Waals surface area contributed by atoms with Gasteiger partial charge in [0.25, 0.3) is 0 Å². The van der Waals surface area contributed by atoms with Gasteiger partial charge in [-0.25, -0.2) is 20.4 Å². The molecule has 0 amide bonds. The number of nitrogens with one attached hydrogen (secondary N) is 2. The van der Waals surface area contributed by atoms with E-state index in [1.165, 1.54) is 0 Å². The first kappa shape index (κ1) is 1620. The van der Waals surface area contributed by atoms with Crippen molar-refractivity contribution < 1.29 is 9.59 Å². The second-order valence-corrected chi connectivity index (χ2v) is 0.204. The molecule has 0 aromatic rings. The average molecular weight is 391 g/mol. The second kappa shape index (κ2) is 18700. The van der Waals surface area contributed by atoms with Crippen LogP contribution in [0.1, 0.15) is 141 Å². The summed E-state index contributed by atoms with van der Waals surface area (Å²) in [4.78, 5) is 16.7. The molecule has 0 aromatic heterocycles. The standard InChI is InChI=1S/2CHNO.19CH4/c2*2-1-3;;;;;;;;;;;;;;;;;;;/h2*2H;19*1H4. The normalized spacial score (nSPS) is 0.640. The first-order valence-corrected chi connectivity index (χ1v) is 0.908. The van der Waals surface area contributed by atoms with Crippen LogP contribution in [0.2, 0.25) is 0 Å². The average Bonchev–Trinajstić information content (AvgIpc) is 1.39. The summed E-state index contributed by atoms with van der Waals surface area (Å²) in [6.07, 6.45) is 1.50. The van der Waals surface area contributed by atoms with E-state index in [0.717, 1.165) is 12.2 Å². The third-order valence-electron chi connectivity index (χ3n) is 0. The minimum Gasteiger partial charge on any atom is -0.222 e. The van der Waals surface area contributed by atoms with Crippen LogP contribution in [0.4, 0.5) is 0 Å². The fourth-order valence-corrected chi connectivity index (χ4v) is 0. The summed E-state index contributed by atoms with van der Waals surface area (Å²) in [5, 5.41) is 10.8. The summed E-state index contributed by atoms with van der Waals surface area (Å²) in [6, 6.07) is 0.